The Hall–Kier alpha value is -4.70. The average molecular weight is 583 g/mol. The second-order valence-electron chi connectivity index (χ2n) is 13.2. The zero-order valence-corrected chi connectivity index (χ0v) is 26.2. The molecule has 1 fully saturated rings. The number of hydrogen-bond acceptors (Lipinski definition) is 2. The Labute approximate surface area is 265 Å². The molecule has 2 nitrogen and oxygen atoms in total. The van der Waals surface area contributed by atoms with E-state index in [1.807, 2.05) is 0 Å². The van der Waals surface area contributed by atoms with Gasteiger partial charge in [0.25, 0.3) is 0 Å². The molecule has 0 N–H and O–H groups in total. The first-order valence-electron chi connectivity index (χ1n) is 15.8. The van der Waals surface area contributed by atoms with Crippen LogP contribution in [0.25, 0.3) is 65.7 Å². The third kappa shape index (κ3) is 4.66. The fourth-order valence-electron chi connectivity index (χ4n) is 6.80. The highest BCUT2D eigenvalue weighted by atomic mass is 16.7. The van der Waals surface area contributed by atoms with Crippen molar-refractivity contribution in [1.29, 1.82) is 0 Å². The van der Waals surface area contributed by atoms with Gasteiger partial charge in [-0.15, -0.1) is 0 Å². The molecule has 0 radical (unpaired) electrons. The first-order valence-corrected chi connectivity index (χ1v) is 15.8. The molecule has 0 aliphatic carbocycles. The topological polar surface area (TPSA) is 18.5 Å². The highest BCUT2D eigenvalue weighted by Gasteiger charge is 2.51. The summed E-state index contributed by atoms with van der Waals surface area (Å²) in [5, 5.41) is 7.39. The average Bonchev–Trinajstić information content (AvgIpc) is 3.29. The Kier molecular flexibility index (Phi) is 6.46. The molecule has 7 aromatic rings. The van der Waals surface area contributed by atoms with Gasteiger partial charge in [-0.2, -0.15) is 0 Å². The summed E-state index contributed by atoms with van der Waals surface area (Å²) in [7, 11) is -0.477. The lowest BCUT2D eigenvalue weighted by molar-refractivity contribution is 0.00578. The summed E-state index contributed by atoms with van der Waals surface area (Å²) in [6.07, 6.45) is 0. The lowest BCUT2D eigenvalue weighted by atomic mass is 9.75. The van der Waals surface area contributed by atoms with Gasteiger partial charge >= 0.3 is 7.12 Å². The summed E-state index contributed by atoms with van der Waals surface area (Å²) < 4.78 is 13.3. The molecule has 218 valence electrons. The van der Waals surface area contributed by atoms with Gasteiger partial charge in [-0.05, 0) is 111 Å². The minimum absolute atomic E-state index is 0.437. The molecule has 0 saturated carbocycles. The fraction of sp³-hybridized carbons (Fsp3) is 0.143. The monoisotopic (exact) mass is 582 g/mol. The molecular weight excluding hydrogens is 547 g/mol. The molecule has 8 rings (SSSR count). The molecule has 0 spiro atoms. The molecule has 1 aliphatic heterocycles. The maximum absolute atomic E-state index is 6.63. The van der Waals surface area contributed by atoms with Crippen LogP contribution in [-0.2, 0) is 9.31 Å². The first kappa shape index (κ1) is 27.8. The van der Waals surface area contributed by atoms with E-state index >= 15 is 0 Å². The van der Waals surface area contributed by atoms with Crippen molar-refractivity contribution in [3.8, 4) is 33.4 Å². The van der Waals surface area contributed by atoms with E-state index in [-0.39, 0.29) is 0 Å². The van der Waals surface area contributed by atoms with Gasteiger partial charge in [0.15, 0.2) is 0 Å². The van der Waals surface area contributed by atoms with Gasteiger partial charge in [-0.3, -0.25) is 0 Å². The van der Waals surface area contributed by atoms with Crippen LogP contribution < -0.4 is 5.46 Å². The molecule has 45 heavy (non-hydrogen) atoms. The Morgan fingerprint density at radius 1 is 0.400 bits per heavy atom. The van der Waals surface area contributed by atoms with Gasteiger partial charge in [0.1, 0.15) is 0 Å². The Morgan fingerprint density at radius 3 is 1.49 bits per heavy atom. The van der Waals surface area contributed by atoms with Crippen LogP contribution in [-0.4, -0.2) is 18.3 Å². The van der Waals surface area contributed by atoms with Crippen molar-refractivity contribution in [2.45, 2.75) is 38.9 Å². The van der Waals surface area contributed by atoms with Crippen molar-refractivity contribution in [3.05, 3.63) is 140 Å². The molecule has 3 heteroatoms. The summed E-state index contributed by atoms with van der Waals surface area (Å²) in [6, 6.07) is 50.5. The normalized spacial score (nSPS) is 15.7. The molecule has 0 atom stereocenters. The highest BCUT2D eigenvalue weighted by Crippen LogP contribution is 2.44. The van der Waals surface area contributed by atoms with E-state index < -0.39 is 18.3 Å². The molecule has 0 bridgehead atoms. The van der Waals surface area contributed by atoms with Crippen LogP contribution in [0.15, 0.2) is 140 Å². The number of hydrogen-bond donors (Lipinski definition) is 0. The van der Waals surface area contributed by atoms with Crippen molar-refractivity contribution in [1.82, 2.24) is 0 Å². The lowest BCUT2D eigenvalue weighted by Gasteiger charge is -2.32. The summed E-state index contributed by atoms with van der Waals surface area (Å²) in [5.41, 5.74) is 7.32. The third-order valence-corrected chi connectivity index (χ3v) is 9.85. The molecule has 0 aromatic heterocycles. The summed E-state index contributed by atoms with van der Waals surface area (Å²) in [6.45, 7) is 8.46. The van der Waals surface area contributed by atoms with Gasteiger partial charge in [0, 0.05) is 0 Å². The van der Waals surface area contributed by atoms with E-state index in [0.29, 0.717) is 0 Å². The van der Waals surface area contributed by atoms with E-state index in [4.69, 9.17) is 9.31 Å². The van der Waals surface area contributed by atoms with E-state index in [2.05, 4.69) is 167 Å². The minimum Gasteiger partial charge on any atom is -0.399 e. The third-order valence-electron chi connectivity index (χ3n) is 9.85. The number of benzene rings is 7. The smallest absolute Gasteiger partial charge is 0.399 e. The quantitative estimate of drug-likeness (QED) is 0.152. The van der Waals surface area contributed by atoms with Crippen LogP contribution >= 0.6 is 0 Å². The van der Waals surface area contributed by atoms with Gasteiger partial charge in [0.2, 0.25) is 0 Å². The predicted molar refractivity (Wildman–Crippen MR) is 191 cm³/mol. The lowest BCUT2D eigenvalue weighted by Crippen LogP contribution is -2.41. The van der Waals surface area contributed by atoms with Crippen molar-refractivity contribution < 1.29 is 9.31 Å². The summed E-state index contributed by atoms with van der Waals surface area (Å²) in [4.78, 5) is 0. The Bertz CT molecular complexity index is 2160. The number of fused-ring (bicyclic) bond motifs is 3. The second kappa shape index (κ2) is 10.4. The van der Waals surface area contributed by atoms with E-state index in [9.17, 15) is 0 Å². The standard InChI is InChI=1S/C42H35BO2/c1-41(2)42(3,4)45-43(44-41)34-26-32(31-23-22-28-14-8-9-17-30(28)24-31)25-33(27-34)40-37-20-12-10-18-35(37)39(29-15-6-5-7-16-29)36-19-11-13-21-38(36)40/h5-27H,1-4H3. The molecule has 1 aliphatic rings. The molecule has 0 amide bonds. The zero-order chi connectivity index (χ0) is 30.8. The van der Waals surface area contributed by atoms with Crippen molar-refractivity contribution in [2.24, 2.45) is 0 Å². The van der Waals surface area contributed by atoms with Gasteiger partial charge in [0.05, 0.1) is 11.2 Å². The van der Waals surface area contributed by atoms with Crippen molar-refractivity contribution >= 4 is 44.9 Å². The largest absolute Gasteiger partial charge is 0.494 e. The van der Waals surface area contributed by atoms with Crippen LogP contribution in [0, 0.1) is 0 Å². The maximum Gasteiger partial charge on any atom is 0.494 e. The van der Waals surface area contributed by atoms with Crippen LogP contribution in [0.2, 0.25) is 0 Å². The number of rotatable bonds is 4. The Balaban J connectivity index is 1.43. The van der Waals surface area contributed by atoms with Crippen LogP contribution in [0.1, 0.15) is 27.7 Å². The first-order chi connectivity index (χ1) is 21.8. The molecular formula is C42H35BO2. The van der Waals surface area contributed by atoms with Crippen LogP contribution in [0.4, 0.5) is 0 Å². The summed E-state index contributed by atoms with van der Waals surface area (Å²) in [5.74, 6) is 0. The molecule has 1 heterocycles. The second-order valence-corrected chi connectivity index (χ2v) is 13.2. The van der Waals surface area contributed by atoms with E-state index in [0.717, 1.165) is 16.6 Å². The fourth-order valence-corrected chi connectivity index (χ4v) is 6.80. The molecule has 7 aromatic carbocycles. The SMILES string of the molecule is CC1(C)OB(c2cc(-c3ccc4ccccc4c3)cc(-c3c4ccccc4c(-c4ccccc4)c4ccccc34)c2)OC1(C)C. The van der Waals surface area contributed by atoms with Gasteiger partial charge < -0.3 is 9.31 Å². The Morgan fingerprint density at radius 2 is 0.889 bits per heavy atom. The maximum atomic E-state index is 6.63. The van der Waals surface area contributed by atoms with E-state index in [1.165, 1.54) is 54.6 Å². The highest BCUT2D eigenvalue weighted by molar-refractivity contribution is 6.62. The van der Waals surface area contributed by atoms with Gasteiger partial charge in [-0.25, -0.2) is 0 Å². The van der Waals surface area contributed by atoms with Gasteiger partial charge in [-0.1, -0.05) is 127 Å². The van der Waals surface area contributed by atoms with E-state index in [1.54, 1.807) is 0 Å². The zero-order valence-electron chi connectivity index (χ0n) is 26.2. The van der Waals surface area contributed by atoms with Crippen LogP contribution in [0.3, 0.4) is 0 Å². The minimum atomic E-state index is -0.477. The van der Waals surface area contributed by atoms with Crippen LogP contribution in [0.5, 0.6) is 0 Å². The molecule has 1 saturated heterocycles. The van der Waals surface area contributed by atoms with Crippen molar-refractivity contribution in [3.63, 3.8) is 0 Å². The summed E-state index contributed by atoms with van der Waals surface area (Å²) >= 11 is 0. The van der Waals surface area contributed by atoms with Crippen molar-refractivity contribution in [2.75, 3.05) is 0 Å². The molecule has 0 unspecified atom stereocenters. The predicted octanol–water partition coefficient (Wildman–Crippen LogP) is 10.4.